The van der Waals surface area contributed by atoms with E-state index < -0.39 is 0 Å². The molecular formula is C34H33ClN2O4. The van der Waals surface area contributed by atoms with E-state index >= 15 is 0 Å². The predicted octanol–water partition coefficient (Wildman–Crippen LogP) is 7.51. The number of para-hydroxylation sites is 1. The molecule has 4 atom stereocenters. The molecule has 7 heteroatoms. The smallest absolute Gasteiger partial charge is 0.238 e. The van der Waals surface area contributed by atoms with Crippen LogP contribution in [0.15, 0.2) is 89.5 Å². The van der Waals surface area contributed by atoms with Gasteiger partial charge in [0.05, 0.1) is 35.3 Å². The Balaban J connectivity index is 1.15. The van der Waals surface area contributed by atoms with Gasteiger partial charge < -0.3 is 15.2 Å². The molecule has 0 aromatic heterocycles. The molecule has 0 bridgehead atoms. The molecule has 2 heterocycles. The predicted molar refractivity (Wildman–Crippen MR) is 162 cm³/mol. The molecule has 2 aliphatic heterocycles. The standard InChI is InChI=1S/C34H33ClN2O4/c1-20(16-22-9-14-26(38)18-29(22)35)8-15-30-31-21(2)17-27-32(28(31)19-41-30)34(40)37(33(27)39)25-12-10-24(11-13-25)36-23-6-4-3-5-7-23/h3-7,9-14,16,18,27-28,30,32,36,38H,8,15,17,19H2,1-2H3/b20-16+/t27-,28+,30-,32-/m1/s1. The third-order valence-electron chi connectivity index (χ3n) is 8.53. The summed E-state index contributed by atoms with van der Waals surface area (Å²) in [6, 6.07) is 22.3. The van der Waals surface area contributed by atoms with Gasteiger partial charge in [0.15, 0.2) is 0 Å². The van der Waals surface area contributed by atoms with Crippen LogP contribution in [-0.2, 0) is 14.3 Å². The van der Waals surface area contributed by atoms with E-state index in [2.05, 4.69) is 19.2 Å². The highest BCUT2D eigenvalue weighted by Gasteiger charge is 2.56. The van der Waals surface area contributed by atoms with Crippen LogP contribution < -0.4 is 10.2 Å². The van der Waals surface area contributed by atoms with Crippen LogP contribution in [0.1, 0.15) is 38.7 Å². The molecule has 0 saturated carbocycles. The number of carbonyl (C=O) groups is 2. The van der Waals surface area contributed by atoms with E-state index in [1.807, 2.05) is 60.7 Å². The van der Waals surface area contributed by atoms with E-state index in [9.17, 15) is 14.7 Å². The van der Waals surface area contributed by atoms with Gasteiger partial charge in [0.2, 0.25) is 11.8 Å². The number of hydrogen-bond acceptors (Lipinski definition) is 5. The topological polar surface area (TPSA) is 78.9 Å². The van der Waals surface area contributed by atoms with E-state index in [0.717, 1.165) is 35.4 Å². The van der Waals surface area contributed by atoms with Gasteiger partial charge >= 0.3 is 0 Å². The van der Waals surface area contributed by atoms with Crippen LogP contribution in [-0.4, -0.2) is 29.6 Å². The van der Waals surface area contributed by atoms with Crippen LogP contribution in [0, 0.1) is 17.8 Å². The Labute approximate surface area is 245 Å². The average molecular weight is 569 g/mol. The summed E-state index contributed by atoms with van der Waals surface area (Å²) >= 11 is 6.28. The first-order chi connectivity index (χ1) is 19.8. The number of halogens is 1. The second kappa shape index (κ2) is 11.2. The van der Waals surface area contributed by atoms with Crippen LogP contribution >= 0.6 is 11.6 Å². The lowest BCUT2D eigenvalue weighted by Crippen LogP contribution is -2.34. The number of phenolic OH excluding ortho intramolecular Hbond substituents is 1. The molecule has 41 heavy (non-hydrogen) atoms. The first-order valence-corrected chi connectivity index (χ1v) is 14.4. The maximum absolute atomic E-state index is 13.8. The van der Waals surface area contributed by atoms with Gasteiger partial charge in [-0.25, -0.2) is 0 Å². The quantitative estimate of drug-likeness (QED) is 0.228. The third-order valence-corrected chi connectivity index (χ3v) is 8.85. The minimum atomic E-state index is -0.388. The molecule has 2 N–H and O–H groups in total. The molecule has 6 nitrogen and oxygen atoms in total. The van der Waals surface area contributed by atoms with E-state index in [-0.39, 0.29) is 41.4 Å². The molecule has 0 unspecified atom stereocenters. The summed E-state index contributed by atoms with van der Waals surface area (Å²) in [6.45, 7) is 4.60. The van der Waals surface area contributed by atoms with Crippen molar-refractivity contribution in [1.82, 2.24) is 0 Å². The Morgan fingerprint density at radius 3 is 2.49 bits per heavy atom. The number of rotatable bonds is 7. The summed E-state index contributed by atoms with van der Waals surface area (Å²) in [4.78, 5) is 28.7. The molecule has 1 aliphatic carbocycles. The number of nitrogens with zero attached hydrogens (tertiary/aromatic N) is 1. The van der Waals surface area contributed by atoms with E-state index in [1.54, 1.807) is 12.1 Å². The highest BCUT2D eigenvalue weighted by molar-refractivity contribution is 6.32. The minimum absolute atomic E-state index is 0.0695. The zero-order chi connectivity index (χ0) is 28.7. The summed E-state index contributed by atoms with van der Waals surface area (Å²) in [5, 5.41) is 13.5. The number of ether oxygens (including phenoxy) is 1. The van der Waals surface area contributed by atoms with Gasteiger partial charge in [-0.2, -0.15) is 0 Å². The Morgan fingerprint density at radius 1 is 1.02 bits per heavy atom. The van der Waals surface area contributed by atoms with Gasteiger partial charge in [0.25, 0.3) is 0 Å². The van der Waals surface area contributed by atoms with Gasteiger partial charge in [-0.1, -0.05) is 47.0 Å². The lowest BCUT2D eigenvalue weighted by atomic mass is 9.70. The fourth-order valence-corrected chi connectivity index (χ4v) is 6.82. The fraction of sp³-hybridized carbons (Fsp3) is 0.294. The van der Waals surface area contributed by atoms with Gasteiger partial charge in [0, 0.05) is 17.3 Å². The molecule has 2 saturated heterocycles. The van der Waals surface area contributed by atoms with Gasteiger partial charge in [-0.3, -0.25) is 14.5 Å². The van der Waals surface area contributed by atoms with Crippen LogP contribution in [0.4, 0.5) is 17.1 Å². The lowest BCUT2D eigenvalue weighted by Gasteiger charge is -2.30. The van der Waals surface area contributed by atoms with Crippen molar-refractivity contribution in [3.05, 3.63) is 100 Å². The summed E-state index contributed by atoms with van der Waals surface area (Å²) < 4.78 is 6.28. The second-order valence-electron chi connectivity index (χ2n) is 11.3. The Bertz CT molecular complexity index is 1550. The van der Waals surface area contributed by atoms with Crippen LogP contribution in [0.25, 0.3) is 6.08 Å². The van der Waals surface area contributed by atoms with E-state index in [1.165, 1.54) is 22.1 Å². The molecule has 0 spiro atoms. The minimum Gasteiger partial charge on any atom is -0.508 e. The Hall–Kier alpha value is -3.87. The second-order valence-corrected chi connectivity index (χ2v) is 11.7. The maximum atomic E-state index is 13.8. The number of anilines is 3. The third kappa shape index (κ3) is 5.30. The zero-order valence-corrected chi connectivity index (χ0v) is 23.9. The monoisotopic (exact) mass is 568 g/mol. The number of amides is 2. The first kappa shape index (κ1) is 27.3. The van der Waals surface area contributed by atoms with Crippen LogP contribution in [0.2, 0.25) is 5.02 Å². The normalized spacial score (nSPS) is 24.1. The summed E-state index contributed by atoms with van der Waals surface area (Å²) in [6.07, 6.45) is 4.15. The first-order valence-electron chi connectivity index (χ1n) is 14.1. The number of nitrogens with one attached hydrogen (secondary N) is 1. The number of aromatic hydroxyl groups is 1. The van der Waals surface area contributed by atoms with Crippen molar-refractivity contribution in [2.24, 2.45) is 17.8 Å². The molecule has 3 aromatic carbocycles. The van der Waals surface area contributed by atoms with Crippen molar-refractivity contribution in [3.63, 3.8) is 0 Å². The Kier molecular flexibility index (Phi) is 7.45. The average Bonchev–Trinajstić information content (AvgIpc) is 3.49. The SMILES string of the molecule is CC1=C2[C@@H](CC/C(C)=C/c3ccc(O)cc3Cl)OC[C@@H]2[C@@H]2C(=O)N(c3ccc(Nc4ccccc4)cc3)C(=O)[C@@H]2C1. The van der Waals surface area contributed by atoms with Crippen molar-refractivity contribution in [2.75, 3.05) is 16.8 Å². The summed E-state index contributed by atoms with van der Waals surface area (Å²) in [7, 11) is 0. The van der Waals surface area contributed by atoms with Crippen molar-refractivity contribution >= 4 is 46.6 Å². The molecule has 3 aliphatic rings. The molecule has 2 fully saturated rings. The van der Waals surface area contributed by atoms with Crippen molar-refractivity contribution in [2.45, 2.75) is 39.2 Å². The van der Waals surface area contributed by atoms with E-state index in [4.69, 9.17) is 16.3 Å². The number of fused-ring (bicyclic) bond motifs is 3. The number of phenols is 1. The highest BCUT2D eigenvalue weighted by atomic mass is 35.5. The summed E-state index contributed by atoms with van der Waals surface area (Å²) in [5.41, 5.74) is 6.86. The van der Waals surface area contributed by atoms with Crippen LogP contribution in [0.5, 0.6) is 5.75 Å². The molecule has 6 rings (SSSR count). The molecule has 3 aromatic rings. The van der Waals surface area contributed by atoms with Gasteiger partial charge in [-0.15, -0.1) is 0 Å². The van der Waals surface area contributed by atoms with Crippen molar-refractivity contribution < 1.29 is 19.4 Å². The summed E-state index contributed by atoms with van der Waals surface area (Å²) in [5.74, 6) is -0.908. The Morgan fingerprint density at radius 2 is 1.76 bits per heavy atom. The lowest BCUT2D eigenvalue weighted by molar-refractivity contribution is -0.122. The van der Waals surface area contributed by atoms with E-state index in [0.29, 0.717) is 23.7 Å². The van der Waals surface area contributed by atoms with Gasteiger partial charge in [-0.05, 0) is 98.8 Å². The van der Waals surface area contributed by atoms with Gasteiger partial charge in [0.1, 0.15) is 5.75 Å². The molecule has 210 valence electrons. The largest absolute Gasteiger partial charge is 0.508 e. The van der Waals surface area contributed by atoms with Crippen molar-refractivity contribution in [1.29, 1.82) is 0 Å². The van der Waals surface area contributed by atoms with Crippen molar-refractivity contribution in [3.8, 4) is 5.75 Å². The van der Waals surface area contributed by atoms with Crippen LogP contribution in [0.3, 0.4) is 0 Å². The maximum Gasteiger partial charge on any atom is 0.238 e. The molecule has 0 radical (unpaired) electrons. The molecular weight excluding hydrogens is 536 g/mol. The zero-order valence-electron chi connectivity index (χ0n) is 23.1. The number of carbonyl (C=O) groups excluding carboxylic acids is 2. The number of allylic oxidation sites excluding steroid dienone is 2. The molecule has 2 amide bonds. The number of benzene rings is 3. The number of hydrogen-bond donors (Lipinski definition) is 2. The highest BCUT2D eigenvalue weighted by Crippen LogP contribution is 2.50. The number of imide groups is 1. The fourth-order valence-electron chi connectivity index (χ4n) is 6.60.